The fraction of sp³-hybridized carbons (Fsp3) is 0.348. The number of hydrogen-bond donors (Lipinski definition) is 1. The quantitative estimate of drug-likeness (QED) is 0.453. The zero-order valence-corrected chi connectivity index (χ0v) is 19.0. The number of carbonyl (C=O) groups excluding carboxylic acids is 3. The number of nitrogens with zero attached hydrogens (tertiary/aromatic N) is 2. The molecular formula is C23H20ClF4N3O4. The Morgan fingerprint density at radius 2 is 1.80 bits per heavy atom. The molecule has 1 spiro atoms. The third-order valence-electron chi connectivity index (χ3n) is 5.91. The highest BCUT2D eigenvalue weighted by atomic mass is 35.5. The number of Topliss-reactive ketones (excluding diaryl/α,β-unsaturated/α-hetero) is 1. The molecule has 0 unspecified atom stereocenters. The standard InChI is InChI=1S/C23H20ClF4N3O4/c24-16-6-15(3-4-17(16)25)31(22(34)30-9-23(10-30)11-35-12-23)8-14-2-1-13(5-18(14)26)19(32)7-29-21(33)20(27)28/h1-6,20H,7-12H2,(H,29,33). The van der Waals surface area contributed by atoms with Gasteiger partial charge in [0, 0.05) is 29.9 Å². The first-order valence-corrected chi connectivity index (χ1v) is 10.9. The van der Waals surface area contributed by atoms with Crippen LogP contribution >= 0.6 is 11.6 Å². The first-order valence-electron chi connectivity index (χ1n) is 10.6. The first-order chi connectivity index (χ1) is 16.6. The van der Waals surface area contributed by atoms with Gasteiger partial charge in [-0.25, -0.2) is 13.6 Å². The molecule has 0 aliphatic carbocycles. The molecular weight excluding hydrogens is 494 g/mol. The minimum Gasteiger partial charge on any atom is -0.380 e. The van der Waals surface area contributed by atoms with Crippen molar-refractivity contribution in [2.24, 2.45) is 5.41 Å². The van der Waals surface area contributed by atoms with Crippen LogP contribution in [0.25, 0.3) is 0 Å². The normalized spacial score (nSPS) is 16.0. The SMILES string of the molecule is O=C(CNC(=O)C(F)F)c1ccc(CN(C(=O)N2CC3(COC3)C2)c2ccc(F)c(Cl)c2)c(F)c1. The smallest absolute Gasteiger partial charge is 0.324 e. The number of benzene rings is 2. The summed E-state index contributed by atoms with van der Waals surface area (Å²) in [5, 5.41) is 1.55. The van der Waals surface area contributed by atoms with Crippen LogP contribution in [0.2, 0.25) is 5.02 Å². The molecule has 2 aromatic carbocycles. The predicted molar refractivity (Wildman–Crippen MR) is 118 cm³/mol. The molecule has 3 amide bonds. The van der Waals surface area contributed by atoms with Crippen molar-refractivity contribution in [3.05, 3.63) is 64.2 Å². The summed E-state index contributed by atoms with van der Waals surface area (Å²) in [5.74, 6) is -3.88. The summed E-state index contributed by atoms with van der Waals surface area (Å²) in [6, 6.07) is 6.72. The van der Waals surface area contributed by atoms with E-state index in [0.29, 0.717) is 26.3 Å². The van der Waals surface area contributed by atoms with Gasteiger partial charge in [-0.3, -0.25) is 14.5 Å². The van der Waals surface area contributed by atoms with Crippen molar-refractivity contribution in [3.8, 4) is 0 Å². The molecule has 0 saturated carbocycles. The van der Waals surface area contributed by atoms with Gasteiger partial charge in [-0.15, -0.1) is 0 Å². The molecule has 2 aliphatic rings. The Morgan fingerprint density at radius 1 is 1.09 bits per heavy atom. The van der Waals surface area contributed by atoms with Gasteiger partial charge in [0.2, 0.25) is 0 Å². The van der Waals surface area contributed by atoms with Crippen LogP contribution in [0.5, 0.6) is 0 Å². The van der Waals surface area contributed by atoms with Gasteiger partial charge in [0.1, 0.15) is 11.6 Å². The van der Waals surface area contributed by atoms with Gasteiger partial charge in [-0.2, -0.15) is 8.78 Å². The zero-order valence-electron chi connectivity index (χ0n) is 18.2. The van der Waals surface area contributed by atoms with Crippen molar-refractivity contribution in [1.82, 2.24) is 10.2 Å². The number of nitrogens with one attached hydrogen (secondary N) is 1. The average Bonchev–Trinajstić information content (AvgIpc) is 2.76. The number of carbonyl (C=O) groups is 3. The fourth-order valence-corrected chi connectivity index (χ4v) is 4.11. The van der Waals surface area contributed by atoms with Gasteiger partial charge in [0.15, 0.2) is 5.78 Å². The van der Waals surface area contributed by atoms with E-state index in [0.717, 1.165) is 12.1 Å². The van der Waals surface area contributed by atoms with Crippen LogP contribution < -0.4 is 10.2 Å². The Hall–Kier alpha value is -3.18. The van der Waals surface area contributed by atoms with Gasteiger partial charge in [-0.1, -0.05) is 23.7 Å². The lowest BCUT2D eigenvalue weighted by Crippen LogP contribution is -2.68. The van der Waals surface area contributed by atoms with E-state index in [1.807, 2.05) is 0 Å². The molecule has 2 fully saturated rings. The fourth-order valence-electron chi connectivity index (χ4n) is 3.93. The summed E-state index contributed by atoms with van der Waals surface area (Å²) < 4.78 is 58.4. The van der Waals surface area contributed by atoms with Crippen LogP contribution in [-0.4, -0.2) is 61.9 Å². The lowest BCUT2D eigenvalue weighted by molar-refractivity contribution is -0.174. The number of ketones is 1. The van der Waals surface area contributed by atoms with Crippen LogP contribution in [0.1, 0.15) is 15.9 Å². The van der Waals surface area contributed by atoms with E-state index in [2.05, 4.69) is 0 Å². The second-order valence-electron chi connectivity index (χ2n) is 8.56. The minimum absolute atomic E-state index is 0.0502. The van der Waals surface area contributed by atoms with E-state index in [4.69, 9.17) is 16.3 Å². The number of amides is 3. The number of anilines is 1. The van der Waals surface area contributed by atoms with E-state index in [1.54, 1.807) is 10.2 Å². The van der Waals surface area contributed by atoms with Crippen molar-refractivity contribution >= 4 is 35.0 Å². The van der Waals surface area contributed by atoms with Gasteiger partial charge in [-0.05, 0) is 24.3 Å². The molecule has 186 valence electrons. The number of ether oxygens (including phenoxy) is 1. The second-order valence-corrected chi connectivity index (χ2v) is 8.97. The summed E-state index contributed by atoms with van der Waals surface area (Å²) in [6.07, 6.45) is -3.27. The third kappa shape index (κ3) is 5.25. The number of alkyl halides is 2. The molecule has 2 heterocycles. The molecule has 2 aliphatic heterocycles. The van der Waals surface area contributed by atoms with Crippen LogP contribution in [0, 0.1) is 17.0 Å². The topological polar surface area (TPSA) is 79.0 Å². The van der Waals surface area contributed by atoms with E-state index in [1.165, 1.54) is 29.2 Å². The van der Waals surface area contributed by atoms with Crippen LogP contribution in [0.15, 0.2) is 36.4 Å². The number of urea groups is 1. The summed E-state index contributed by atoms with van der Waals surface area (Å²) in [4.78, 5) is 39.1. The molecule has 35 heavy (non-hydrogen) atoms. The summed E-state index contributed by atoms with van der Waals surface area (Å²) in [5.41, 5.74) is 0.100. The lowest BCUT2D eigenvalue weighted by atomic mass is 9.78. The molecule has 12 heteroatoms. The number of halogens is 5. The number of likely N-dealkylation sites (tertiary alicyclic amines) is 1. The molecule has 7 nitrogen and oxygen atoms in total. The monoisotopic (exact) mass is 513 g/mol. The van der Waals surface area contributed by atoms with Crippen LogP contribution in [-0.2, 0) is 16.1 Å². The van der Waals surface area contributed by atoms with Crippen molar-refractivity contribution in [3.63, 3.8) is 0 Å². The highest BCUT2D eigenvalue weighted by Gasteiger charge is 2.51. The molecule has 0 aromatic heterocycles. The number of rotatable bonds is 7. The maximum Gasteiger partial charge on any atom is 0.324 e. The highest BCUT2D eigenvalue weighted by Crippen LogP contribution is 2.39. The summed E-state index contributed by atoms with van der Waals surface area (Å²) in [6.45, 7) is 1.08. The van der Waals surface area contributed by atoms with Crippen LogP contribution in [0.4, 0.5) is 28.0 Å². The first kappa shape index (κ1) is 24.9. The van der Waals surface area contributed by atoms with E-state index >= 15 is 0 Å². The molecule has 0 radical (unpaired) electrons. The Morgan fingerprint density at radius 3 is 2.37 bits per heavy atom. The summed E-state index contributed by atoms with van der Waals surface area (Å²) in [7, 11) is 0. The van der Waals surface area contributed by atoms with Gasteiger partial charge < -0.3 is 15.0 Å². The Labute approximate surface area is 202 Å². The molecule has 2 saturated heterocycles. The van der Waals surface area contributed by atoms with E-state index in [-0.39, 0.29) is 33.8 Å². The van der Waals surface area contributed by atoms with Gasteiger partial charge in [0.05, 0.1) is 36.7 Å². The molecule has 4 rings (SSSR count). The van der Waals surface area contributed by atoms with E-state index in [9.17, 15) is 31.9 Å². The maximum absolute atomic E-state index is 14.9. The Bertz CT molecular complexity index is 1170. The average molecular weight is 514 g/mol. The van der Waals surface area contributed by atoms with Crippen LogP contribution in [0.3, 0.4) is 0 Å². The maximum atomic E-state index is 14.9. The largest absolute Gasteiger partial charge is 0.380 e. The zero-order chi connectivity index (χ0) is 25.3. The minimum atomic E-state index is -3.27. The molecule has 0 atom stereocenters. The number of hydrogen-bond acceptors (Lipinski definition) is 4. The Kier molecular flexibility index (Phi) is 7.00. The highest BCUT2D eigenvalue weighted by molar-refractivity contribution is 6.31. The summed E-state index contributed by atoms with van der Waals surface area (Å²) >= 11 is 5.90. The van der Waals surface area contributed by atoms with Crippen molar-refractivity contribution in [2.75, 3.05) is 37.7 Å². The van der Waals surface area contributed by atoms with Crippen molar-refractivity contribution in [2.45, 2.75) is 13.0 Å². The molecule has 0 bridgehead atoms. The van der Waals surface area contributed by atoms with E-state index < -0.39 is 42.3 Å². The van der Waals surface area contributed by atoms with Crippen molar-refractivity contribution in [1.29, 1.82) is 0 Å². The predicted octanol–water partition coefficient (Wildman–Crippen LogP) is 3.64. The van der Waals surface area contributed by atoms with Gasteiger partial charge >= 0.3 is 12.5 Å². The third-order valence-corrected chi connectivity index (χ3v) is 6.20. The molecule has 1 N–H and O–H groups in total. The van der Waals surface area contributed by atoms with Gasteiger partial charge in [0.25, 0.3) is 5.91 Å². The molecule has 2 aromatic rings. The Balaban J connectivity index is 1.52. The second kappa shape index (κ2) is 9.82. The lowest BCUT2D eigenvalue weighted by Gasteiger charge is -2.55. The van der Waals surface area contributed by atoms with Crippen molar-refractivity contribution < 1.29 is 36.7 Å².